The average molecular weight is 420 g/mol. The first-order valence-electron chi connectivity index (χ1n) is 8.57. The van der Waals surface area contributed by atoms with E-state index in [1.54, 1.807) is 43.3 Å². The SMILES string of the molecule is COc1cc(NC(=O)C/C(C)=N/NC(=O)c2ccccc2OC)c(OC)cc1Cl. The van der Waals surface area contributed by atoms with Crippen LogP contribution in [0.2, 0.25) is 5.02 Å². The number of halogens is 1. The normalized spacial score (nSPS) is 10.9. The molecule has 0 aliphatic carbocycles. The van der Waals surface area contributed by atoms with Crippen LogP contribution >= 0.6 is 11.6 Å². The Morgan fingerprint density at radius 3 is 2.31 bits per heavy atom. The van der Waals surface area contributed by atoms with Crippen molar-refractivity contribution in [1.82, 2.24) is 5.43 Å². The van der Waals surface area contributed by atoms with Gasteiger partial charge in [0.25, 0.3) is 5.91 Å². The first-order valence-corrected chi connectivity index (χ1v) is 8.95. The molecule has 0 radical (unpaired) electrons. The van der Waals surface area contributed by atoms with Crippen LogP contribution in [0.4, 0.5) is 5.69 Å². The number of amides is 2. The zero-order chi connectivity index (χ0) is 21.4. The minimum atomic E-state index is -0.439. The third-order valence-corrected chi connectivity index (χ3v) is 4.16. The Bertz CT molecular complexity index is 930. The summed E-state index contributed by atoms with van der Waals surface area (Å²) in [7, 11) is 4.42. The van der Waals surface area contributed by atoms with Crippen molar-refractivity contribution in [3.63, 3.8) is 0 Å². The second-order valence-corrected chi connectivity index (χ2v) is 6.31. The van der Waals surface area contributed by atoms with E-state index in [2.05, 4.69) is 15.8 Å². The highest BCUT2D eigenvalue weighted by molar-refractivity contribution is 6.32. The van der Waals surface area contributed by atoms with Crippen LogP contribution in [-0.4, -0.2) is 38.9 Å². The summed E-state index contributed by atoms with van der Waals surface area (Å²) in [5, 5.41) is 7.05. The number of hydrogen-bond donors (Lipinski definition) is 2. The van der Waals surface area contributed by atoms with E-state index in [0.717, 1.165) is 0 Å². The molecule has 0 aliphatic heterocycles. The molecule has 0 aliphatic rings. The van der Waals surface area contributed by atoms with Crippen LogP contribution in [0.25, 0.3) is 0 Å². The van der Waals surface area contributed by atoms with Gasteiger partial charge in [-0.25, -0.2) is 5.43 Å². The van der Waals surface area contributed by atoms with E-state index >= 15 is 0 Å². The number of para-hydroxylation sites is 1. The molecule has 0 bridgehead atoms. The van der Waals surface area contributed by atoms with Crippen LogP contribution in [0, 0.1) is 0 Å². The molecule has 2 rings (SSSR count). The number of carbonyl (C=O) groups excluding carboxylic acids is 2. The predicted molar refractivity (Wildman–Crippen MR) is 111 cm³/mol. The summed E-state index contributed by atoms with van der Waals surface area (Å²) >= 11 is 6.06. The summed E-state index contributed by atoms with van der Waals surface area (Å²) in [5.74, 6) is 0.437. The van der Waals surface area contributed by atoms with E-state index < -0.39 is 5.91 Å². The van der Waals surface area contributed by atoms with Gasteiger partial charge < -0.3 is 19.5 Å². The summed E-state index contributed by atoms with van der Waals surface area (Å²) in [6.45, 7) is 1.63. The molecule has 2 amide bonds. The molecule has 8 nitrogen and oxygen atoms in total. The van der Waals surface area contributed by atoms with E-state index in [9.17, 15) is 9.59 Å². The number of rotatable bonds is 8. The molecule has 0 saturated heterocycles. The number of hydrazone groups is 1. The van der Waals surface area contributed by atoms with Gasteiger partial charge in [-0.3, -0.25) is 9.59 Å². The quantitative estimate of drug-likeness (QED) is 0.504. The van der Waals surface area contributed by atoms with Gasteiger partial charge in [0.05, 0.1) is 44.0 Å². The second kappa shape index (κ2) is 10.3. The lowest BCUT2D eigenvalue weighted by Crippen LogP contribution is -2.22. The van der Waals surface area contributed by atoms with Crippen molar-refractivity contribution in [3.8, 4) is 17.2 Å². The van der Waals surface area contributed by atoms with E-state index in [1.165, 1.54) is 21.3 Å². The van der Waals surface area contributed by atoms with Gasteiger partial charge in [0.15, 0.2) is 0 Å². The first-order chi connectivity index (χ1) is 13.9. The fourth-order valence-electron chi connectivity index (χ4n) is 2.46. The molecule has 2 aromatic rings. The van der Waals surface area contributed by atoms with Gasteiger partial charge in [-0.2, -0.15) is 5.10 Å². The van der Waals surface area contributed by atoms with Gasteiger partial charge in [-0.1, -0.05) is 23.7 Å². The van der Waals surface area contributed by atoms with Crippen LogP contribution in [-0.2, 0) is 4.79 Å². The van der Waals surface area contributed by atoms with Gasteiger partial charge in [-0.15, -0.1) is 0 Å². The number of benzene rings is 2. The summed E-state index contributed by atoms with van der Waals surface area (Å²) in [6, 6.07) is 9.88. The standard InChI is InChI=1S/C20H22ClN3O5/c1-12(23-24-20(26)13-7-5-6-8-16(13)27-2)9-19(25)22-15-11-17(28-3)14(21)10-18(15)29-4/h5-8,10-11H,9H2,1-4H3,(H,22,25)(H,24,26)/b23-12+. The molecule has 0 atom stereocenters. The van der Waals surface area contributed by atoms with Crippen LogP contribution in [0.1, 0.15) is 23.7 Å². The number of hydrogen-bond acceptors (Lipinski definition) is 6. The molecule has 0 fully saturated rings. The minimum absolute atomic E-state index is 0.0414. The van der Waals surface area contributed by atoms with Crippen LogP contribution in [0.3, 0.4) is 0 Å². The number of anilines is 1. The highest BCUT2D eigenvalue weighted by Gasteiger charge is 2.14. The average Bonchev–Trinajstić information content (AvgIpc) is 2.72. The topological polar surface area (TPSA) is 98.2 Å². The van der Waals surface area contributed by atoms with Gasteiger partial charge in [0.1, 0.15) is 17.2 Å². The lowest BCUT2D eigenvalue weighted by molar-refractivity contribution is -0.115. The first kappa shape index (κ1) is 22.0. The zero-order valence-electron chi connectivity index (χ0n) is 16.5. The van der Waals surface area contributed by atoms with Crippen molar-refractivity contribution in [2.75, 3.05) is 26.6 Å². The van der Waals surface area contributed by atoms with E-state index in [0.29, 0.717) is 39.2 Å². The Morgan fingerprint density at radius 2 is 1.66 bits per heavy atom. The largest absolute Gasteiger partial charge is 0.496 e. The molecule has 154 valence electrons. The van der Waals surface area contributed by atoms with Gasteiger partial charge in [-0.05, 0) is 19.1 Å². The van der Waals surface area contributed by atoms with Crippen molar-refractivity contribution in [2.45, 2.75) is 13.3 Å². The molecule has 2 N–H and O–H groups in total. The van der Waals surface area contributed by atoms with Gasteiger partial charge in [0, 0.05) is 17.8 Å². The summed E-state index contributed by atoms with van der Waals surface area (Å²) in [4.78, 5) is 24.6. The Kier molecular flexibility index (Phi) is 7.85. The maximum atomic E-state index is 12.3. The molecular formula is C20H22ClN3O5. The van der Waals surface area contributed by atoms with Crippen molar-refractivity contribution in [1.29, 1.82) is 0 Å². The highest BCUT2D eigenvalue weighted by Crippen LogP contribution is 2.35. The number of carbonyl (C=O) groups is 2. The molecular weight excluding hydrogens is 398 g/mol. The van der Waals surface area contributed by atoms with E-state index in [-0.39, 0.29) is 12.3 Å². The van der Waals surface area contributed by atoms with E-state index in [1.807, 2.05) is 0 Å². The Balaban J connectivity index is 2.03. The molecule has 0 saturated carbocycles. The number of ether oxygens (including phenoxy) is 3. The Morgan fingerprint density at radius 1 is 1.00 bits per heavy atom. The molecule has 0 unspecified atom stereocenters. The van der Waals surface area contributed by atoms with Crippen LogP contribution in [0.15, 0.2) is 41.5 Å². The molecule has 0 heterocycles. The summed E-state index contributed by atoms with van der Waals surface area (Å²) in [6.07, 6.45) is -0.0414. The highest BCUT2D eigenvalue weighted by atomic mass is 35.5. The summed E-state index contributed by atoms with van der Waals surface area (Å²) < 4.78 is 15.5. The van der Waals surface area contributed by atoms with Crippen LogP contribution in [0.5, 0.6) is 17.2 Å². The molecule has 0 spiro atoms. The third kappa shape index (κ3) is 5.86. The fourth-order valence-corrected chi connectivity index (χ4v) is 2.69. The fraction of sp³-hybridized carbons (Fsp3) is 0.250. The van der Waals surface area contributed by atoms with Crippen molar-refractivity contribution in [3.05, 3.63) is 47.0 Å². The number of nitrogens with one attached hydrogen (secondary N) is 2. The Hall–Kier alpha value is -3.26. The number of methoxy groups -OCH3 is 3. The maximum absolute atomic E-state index is 12.3. The maximum Gasteiger partial charge on any atom is 0.275 e. The zero-order valence-corrected chi connectivity index (χ0v) is 17.3. The van der Waals surface area contributed by atoms with Crippen molar-refractivity contribution >= 4 is 34.8 Å². The molecule has 29 heavy (non-hydrogen) atoms. The smallest absolute Gasteiger partial charge is 0.275 e. The second-order valence-electron chi connectivity index (χ2n) is 5.90. The molecule has 9 heteroatoms. The Labute approximate surface area is 173 Å². The van der Waals surface area contributed by atoms with E-state index in [4.69, 9.17) is 25.8 Å². The van der Waals surface area contributed by atoms with Crippen molar-refractivity contribution in [2.24, 2.45) is 5.10 Å². The van der Waals surface area contributed by atoms with Gasteiger partial charge >= 0.3 is 0 Å². The molecule has 2 aromatic carbocycles. The minimum Gasteiger partial charge on any atom is -0.496 e. The monoisotopic (exact) mass is 419 g/mol. The van der Waals surface area contributed by atoms with Crippen molar-refractivity contribution < 1.29 is 23.8 Å². The lowest BCUT2D eigenvalue weighted by Gasteiger charge is -2.13. The third-order valence-electron chi connectivity index (χ3n) is 3.86. The summed E-state index contributed by atoms with van der Waals surface area (Å²) in [5.41, 5.74) is 3.57. The predicted octanol–water partition coefficient (Wildman–Crippen LogP) is 3.50. The lowest BCUT2D eigenvalue weighted by atomic mass is 10.2. The van der Waals surface area contributed by atoms with Crippen LogP contribution < -0.4 is 25.0 Å². The number of nitrogens with zero attached hydrogens (tertiary/aromatic N) is 1. The molecule has 0 aromatic heterocycles. The van der Waals surface area contributed by atoms with Gasteiger partial charge in [0.2, 0.25) is 5.91 Å².